The summed E-state index contributed by atoms with van der Waals surface area (Å²) in [5.41, 5.74) is 3.80. The molecule has 3 rings (SSSR count). The topological polar surface area (TPSA) is 47.6 Å². The number of benzene rings is 2. The van der Waals surface area contributed by atoms with Gasteiger partial charge in [0, 0.05) is 6.54 Å². The zero-order valence-electron chi connectivity index (χ0n) is 16.5. The van der Waals surface area contributed by atoms with E-state index in [4.69, 9.17) is 9.47 Å². The molecule has 1 aliphatic rings. The predicted molar refractivity (Wildman–Crippen MR) is 107 cm³/mol. The van der Waals surface area contributed by atoms with Gasteiger partial charge in [0.15, 0.2) is 6.10 Å². The van der Waals surface area contributed by atoms with Gasteiger partial charge in [0.1, 0.15) is 11.5 Å². The van der Waals surface area contributed by atoms with Crippen LogP contribution < -0.4 is 14.8 Å². The molecule has 0 spiro atoms. The van der Waals surface area contributed by atoms with Gasteiger partial charge >= 0.3 is 0 Å². The van der Waals surface area contributed by atoms with Gasteiger partial charge in [-0.1, -0.05) is 18.2 Å². The van der Waals surface area contributed by atoms with Crippen molar-refractivity contribution in [3.63, 3.8) is 0 Å². The van der Waals surface area contributed by atoms with Gasteiger partial charge in [-0.2, -0.15) is 0 Å². The largest absolute Gasteiger partial charge is 0.491 e. The van der Waals surface area contributed by atoms with E-state index >= 15 is 0 Å². The van der Waals surface area contributed by atoms with Gasteiger partial charge in [0.05, 0.1) is 6.10 Å². The number of aryl methyl sites for hydroxylation is 2. The molecule has 0 aliphatic heterocycles. The molecule has 2 aromatic rings. The monoisotopic (exact) mass is 367 g/mol. The third-order valence-corrected chi connectivity index (χ3v) is 4.76. The second-order valence-electron chi connectivity index (χ2n) is 7.43. The fourth-order valence-electron chi connectivity index (χ4n) is 3.33. The minimum absolute atomic E-state index is 0.116. The highest BCUT2D eigenvalue weighted by atomic mass is 16.5. The molecule has 1 N–H and O–H groups in total. The molecule has 1 amide bonds. The van der Waals surface area contributed by atoms with Crippen LogP contribution in [-0.2, 0) is 24.2 Å². The second kappa shape index (κ2) is 8.94. The standard InChI is InChI=1S/C23H29NO3/c1-16(2)26-21-11-8-18(9-12-21)15-24-23(25)17(3)27-22-13-10-19-6-4-5-7-20(19)14-22/h8-14,16-17H,4-7,15H2,1-3H3,(H,24,25)/t17-/m1/s1. The van der Waals surface area contributed by atoms with E-state index in [1.54, 1.807) is 6.92 Å². The highest BCUT2D eigenvalue weighted by Crippen LogP contribution is 2.25. The average Bonchev–Trinajstić information content (AvgIpc) is 2.66. The van der Waals surface area contributed by atoms with E-state index < -0.39 is 6.10 Å². The molecule has 4 nitrogen and oxygen atoms in total. The highest BCUT2D eigenvalue weighted by Gasteiger charge is 2.16. The Kier molecular flexibility index (Phi) is 6.38. The van der Waals surface area contributed by atoms with Gasteiger partial charge < -0.3 is 14.8 Å². The summed E-state index contributed by atoms with van der Waals surface area (Å²) in [7, 11) is 0. The fraction of sp³-hybridized carbons (Fsp3) is 0.435. The van der Waals surface area contributed by atoms with Crippen molar-refractivity contribution in [1.82, 2.24) is 5.32 Å². The number of amides is 1. The quantitative estimate of drug-likeness (QED) is 0.787. The lowest BCUT2D eigenvalue weighted by atomic mass is 9.92. The second-order valence-corrected chi connectivity index (χ2v) is 7.43. The first-order valence-electron chi connectivity index (χ1n) is 9.83. The molecule has 0 fully saturated rings. The van der Waals surface area contributed by atoms with E-state index in [1.807, 2.05) is 44.2 Å². The molecule has 0 heterocycles. The number of rotatable bonds is 7. The zero-order chi connectivity index (χ0) is 19.2. The maximum atomic E-state index is 12.4. The minimum atomic E-state index is -0.532. The Labute approximate surface area is 161 Å². The number of ether oxygens (including phenoxy) is 2. The molecule has 0 saturated carbocycles. The number of hydrogen-bond donors (Lipinski definition) is 1. The molecule has 0 unspecified atom stereocenters. The molecular weight excluding hydrogens is 338 g/mol. The van der Waals surface area contributed by atoms with Gasteiger partial charge in [0.2, 0.25) is 0 Å². The fourth-order valence-corrected chi connectivity index (χ4v) is 3.33. The molecule has 0 bridgehead atoms. The summed E-state index contributed by atoms with van der Waals surface area (Å²) in [4.78, 5) is 12.4. The van der Waals surface area contributed by atoms with E-state index in [0.717, 1.165) is 29.9 Å². The Hall–Kier alpha value is -2.49. The van der Waals surface area contributed by atoms with Crippen molar-refractivity contribution in [2.45, 2.75) is 65.2 Å². The van der Waals surface area contributed by atoms with E-state index in [2.05, 4.69) is 17.4 Å². The molecular formula is C23H29NO3. The maximum absolute atomic E-state index is 12.4. The first kappa shape index (κ1) is 19.3. The van der Waals surface area contributed by atoms with Crippen molar-refractivity contribution in [1.29, 1.82) is 0 Å². The summed E-state index contributed by atoms with van der Waals surface area (Å²) < 4.78 is 11.5. The molecule has 144 valence electrons. The van der Waals surface area contributed by atoms with Crippen molar-refractivity contribution in [3.8, 4) is 11.5 Å². The number of hydrogen-bond acceptors (Lipinski definition) is 3. The number of nitrogens with one attached hydrogen (secondary N) is 1. The van der Waals surface area contributed by atoms with Crippen LogP contribution in [0.25, 0.3) is 0 Å². The van der Waals surface area contributed by atoms with Crippen LogP contribution in [0.4, 0.5) is 0 Å². The Morgan fingerprint density at radius 1 is 0.926 bits per heavy atom. The lowest BCUT2D eigenvalue weighted by Crippen LogP contribution is -2.35. The Bertz CT molecular complexity index is 768. The van der Waals surface area contributed by atoms with Crippen LogP contribution in [0.2, 0.25) is 0 Å². The Morgan fingerprint density at radius 2 is 1.59 bits per heavy atom. The minimum Gasteiger partial charge on any atom is -0.491 e. The third kappa shape index (κ3) is 5.49. The van der Waals surface area contributed by atoms with Gasteiger partial charge in [-0.25, -0.2) is 0 Å². The van der Waals surface area contributed by atoms with Crippen molar-refractivity contribution < 1.29 is 14.3 Å². The van der Waals surface area contributed by atoms with Crippen LogP contribution in [0.15, 0.2) is 42.5 Å². The normalized spacial score (nSPS) is 14.4. The van der Waals surface area contributed by atoms with Gasteiger partial charge in [-0.15, -0.1) is 0 Å². The average molecular weight is 367 g/mol. The summed E-state index contributed by atoms with van der Waals surface area (Å²) in [6.45, 7) is 6.25. The SMILES string of the molecule is CC(C)Oc1ccc(CNC(=O)[C@@H](C)Oc2ccc3c(c2)CCCC3)cc1. The molecule has 4 heteroatoms. The van der Waals surface area contributed by atoms with Crippen LogP contribution in [0.5, 0.6) is 11.5 Å². The first-order valence-corrected chi connectivity index (χ1v) is 9.83. The summed E-state index contributed by atoms with van der Waals surface area (Å²) in [5, 5.41) is 2.94. The predicted octanol–water partition coefficient (Wildman–Crippen LogP) is 4.44. The van der Waals surface area contributed by atoms with E-state index in [9.17, 15) is 4.79 Å². The van der Waals surface area contributed by atoms with Crippen molar-refractivity contribution in [2.24, 2.45) is 0 Å². The Balaban J connectivity index is 1.50. The van der Waals surface area contributed by atoms with Crippen molar-refractivity contribution in [2.75, 3.05) is 0 Å². The van der Waals surface area contributed by atoms with Crippen LogP contribution in [0.1, 0.15) is 50.3 Å². The number of carbonyl (C=O) groups is 1. The summed E-state index contributed by atoms with van der Waals surface area (Å²) in [6.07, 6.45) is 4.35. The van der Waals surface area contributed by atoms with E-state index in [-0.39, 0.29) is 12.0 Å². The van der Waals surface area contributed by atoms with Crippen molar-refractivity contribution in [3.05, 3.63) is 59.2 Å². The van der Waals surface area contributed by atoms with Crippen LogP contribution in [-0.4, -0.2) is 18.1 Å². The van der Waals surface area contributed by atoms with Crippen molar-refractivity contribution >= 4 is 5.91 Å². The Morgan fingerprint density at radius 3 is 2.30 bits per heavy atom. The highest BCUT2D eigenvalue weighted by molar-refractivity contribution is 5.80. The summed E-state index contributed by atoms with van der Waals surface area (Å²) in [5.74, 6) is 1.49. The van der Waals surface area contributed by atoms with Gasteiger partial charge in [-0.05, 0) is 87.4 Å². The zero-order valence-corrected chi connectivity index (χ0v) is 16.5. The smallest absolute Gasteiger partial charge is 0.261 e. The maximum Gasteiger partial charge on any atom is 0.261 e. The van der Waals surface area contributed by atoms with Crippen LogP contribution in [0, 0.1) is 0 Å². The summed E-state index contributed by atoms with van der Waals surface area (Å²) in [6, 6.07) is 14.0. The first-order chi connectivity index (χ1) is 13.0. The van der Waals surface area contributed by atoms with Crippen LogP contribution in [0.3, 0.4) is 0 Å². The number of fused-ring (bicyclic) bond motifs is 1. The van der Waals surface area contributed by atoms with E-state index in [0.29, 0.717) is 6.54 Å². The molecule has 0 aromatic heterocycles. The van der Waals surface area contributed by atoms with Gasteiger partial charge in [0.25, 0.3) is 5.91 Å². The molecule has 2 aromatic carbocycles. The summed E-state index contributed by atoms with van der Waals surface area (Å²) >= 11 is 0. The lowest BCUT2D eigenvalue weighted by Gasteiger charge is -2.19. The third-order valence-electron chi connectivity index (χ3n) is 4.76. The lowest BCUT2D eigenvalue weighted by molar-refractivity contribution is -0.127. The van der Waals surface area contributed by atoms with E-state index in [1.165, 1.54) is 24.0 Å². The van der Waals surface area contributed by atoms with Gasteiger partial charge in [-0.3, -0.25) is 4.79 Å². The molecule has 0 saturated heterocycles. The molecule has 1 aliphatic carbocycles. The molecule has 0 radical (unpaired) electrons. The molecule has 27 heavy (non-hydrogen) atoms. The van der Waals surface area contributed by atoms with Crippen LogP contribution >= 0.6 is 0 Å². The number of carbonyl (C=O) groups excluding carboxylic acids is 1. The molecule has 1 atom stereocenters.